The number of carbonyl (C=O) groups is 2. The van der Waals surface area contributed by atoms with Gasteiger partial charge in [-0.1, -0.05) is 57.2 Å². The second-order valence-corrected chi connectivity index (χ2v) is 7.35. The Morgan fingerprint density at radius 1 is 1.15 bits per heavy atom. The van der Waals surface area contributed by atoms with E-state index in [1.807, 2.05) is 24.3 Å². The number of aryl methyl sites for hydroxylation is 1. The lowest BCUT2D eigenvalue weighted by Crippen LogP contribution is -2.88. The molecule has 2 amide bonds. The number of nitrogens with zero attached hydrogens (tertiary/aromatic N) is 1. The summed E-state index contributed by atoms with van der Waals surface area (Å²) in [5.74, 6) is 0.188. The fraction of sp³-hybridized carbons (Fsp3) is 0.364. The van der Waals surface area contributed by atoms with E-state index in [1.54, 1.807) is 4.90 Å². The maximum Gasteiger partial charge on any atom is 0.282 e. The van der Waals surface area contributed by atoms with Crippen molar-refractivity contribution in [3.8, 4) is 0 Å². The summed E-state index contributed by atoms with van der Waals surface area (Å²) in [6, 6.07) is 16.3. The highest BCUT2D eigenvalue weighted by Gasteiger charge is 2.29. The van der Waals surface area contributed by atoms with Crippen LogP contribution in [0.4, 0.5) is 11.4 Å². The predicted molar refractivity (Wildman–Crippen MR) is 108 cm³/mol. The number of nitrogens with two attached hydrogens (primary N) is 1. The molecule has 3 rings (SSSR count). The lowest BCUT2D eigenvalue weighted by atomic mass is 9.95. The largest absolute Gasteiger partial charge is 0.332 e. The van der Waals surface area contributed by atoms with Gasteiger partial charge in [0.1, 0.15) is 12.6 Å². The smallest absolute Gasteiger partial charge is 0.282 e. The van der Waals surface area contributed by atoms with Crippen molar-refractivity contribution in [1.82, 2.24) is 0 Å². The molecule has 1 aliphatic rings. The van der Waals surface area contributed by atoms with Gasteiger partial charge in [0.05, 0.1) is 11.4 Å². The van der Waals surface area contributed by atoms with Crippen LogP contribution in [0.3, 0.4) is 0 Å². The van der Waals surface area contributed by atoms with Gasteiger partial charge in [-0.3, -0.25) is 14.5 Å². The summed E-state index contributed by atoms with van der Waals surface area (Å²) in [6.45, 7) is 6.86. The Hall–Kier alpha value is -2.66. The van der Waals surface area contributed by atoms with Crippen molar-refractivity contribution in [2.45, 2.75) is 33.2 Å². The number of nitrogens with one attached hydrogen (secondary N) is 1. The van der Waals surface area contributed by atoms with Crippen LogP contribution in [0.1, 0.15) is 37.9 Å². The van der Waals surface area contributed by atoms with Gasteiger partial charge in [0.2, 0.25) is 5.91 Å². The van der Waals surface area contributed by atoms with Crippen molar-refractivity contribution in [2.75, 3.05) is 23.3 Å². The fourth-order valence-electron chi connectivity index (χ4n) is 3.56. The first-order valence-corrected chi connectivity index (χ1v) is 9.61. The average molecular weight is 366 g/mol. The Kier molecular flexibility index (Phi) is 5.91. The van der Waals surface area contributed by atoms with Crippen LogP contribution in [0.15, 0.2) is 48.5 Å². The third-order valence-corrected chi connectivity index (χ3v) is 5.11. The zero-order chi connectivity index (χ0) is 19.4. The summed E-state index contributed by atoms with van der Waals surface area (Å²) in [4.78, 5) is 26.4. The molecule has 0 unspecified atom stereocenters. The van der Waals surface area contributed by atoms with Gasteiger partial charge in [-0.2, -0.15) is 0 Å². The SMILES string of the molecule is CCc1ccc([C@@H]([NH2+]CC(=O)N2CC(=O)Nc3ccccc32)C(C)C)cc1. The molecule has 0 aromatic heterocycles. The predicted octanol–water partition coefficient (Wildman–Crippen LogP) is 2.49. The Labute approximate surface area is 160 Å². The number of hydrogen-bond acceptors (Lipinski definition) is 2. The first kappa shape index (κ1) is 19.1. The molecular formula is C22H28N3O2+. The number of quaternary nitrogens is 1. The summed E-state index contributed by atoms with van der Waals surface area (Å²) < 4.78 is 0. The molecule has 1 heterocycles. The molecule has 0 fully saturated rings. The van der Waals surface area contributed by atoms with Crippen LogP contribution < -0.4 is 15.5 Å². The third kappa shape index (κ3) is 4.37. The highest BCUT2D eigenvalue weighted by Crippen LogP contribution is 2.28. The minimum absolute atomic E-state index is 0.0480. The summed E-state index contributed by atoms with van der Waals surface area (Å²) in [5.41, 5.74) is 4.00. The summed E-state index contributed by atoms with van der Waals surface area (Å²) >= 11 is 0. The molecule has 0 bridgehead atoms. The second-order valence-electron chi connectivity index (χ2n) is 7.35. The van der Waals surface area contributed by atoms with Crippen molar-refractivity contribution >= 4 is 23.2 Å². The average Bonchev–Trinajstić information content (AvgIpc) is 2.67. The number of hydrogen-bond donors (Lipinski definition) is 2. The van der Waals surface area contributed by atoms with Crippen LogP contribution >= 0.6 is 0 Å². The Balaban J connectivity index is 1.72. The van der Waals surface area contributed by atoms with E-state index < -0.39 is 0 Å². The molecule has 0 spiro atoms. The Bertz CT molecular complexity index is 815. The number of amides is 2. The van der Waals surface area contributed by atoms with Crippen molar-refractivity contribution < 1.29 is 14.9 Å². The van der Waals surface area contributed by atoms with Crippen LogP contribution in [-0.2, 0) is 16.0 Å². The van der Waals surface area contributed by atoms with Crippen molar-refractivity contribution in [3.63, 3.8) is 0 Å². The van der Waals surface area contributed by atoms with Crippen LogP contribution in [-0.4, -0.2) is 24.9 Å². The molecule has 0 saturated carbocycles. The first-order chi connectivity index (χ1) is 13.0. The molecule has 5 heteroatoms. The van der Waals surface area contributed by atoms with Gasteiger partial charge in [-0.15, -0.1) is 0 Å². The van der Waals surface area contributed by atoms with Gasteiger partial charge >= 0.3 is 0 Å². The third-order valence-electron chi connectivity index (χ3n) is 5.11. The monoisotopic (exact) mass is 366 g/mol. The molecule has 0 aliphatic carbocycles. The van der Waals surface area contributed by atoms with Gasteiger partial charge in [0, 0.05) is 11.5 Å². The highest BCUT2D eigenvalue weighted by molar-refractivity contribution is 6.10. The van der Waals surface area contributed by atoms with Gasteiger partial charge < -0.3 is 10.6 Å². The highest BCUT2D eigenvalue weighted by atomic mass is 16.2. The zero-order valence-electron chi connectivity index (χ0n) is 16.2. The van der Waals surface area contributed by atoms with Crippen LogP contribution in [0, 0.1) is 5.92 Å². The molecule has 5 nitrogen and oxygen atoms in total. The molecule has 0 radical (unpaired) electrons. The van der Waals surface area contributed by atoms with Gasteiger partial charge in [-0.25, -0.2) is 0 Å². The molecule has 0 saturated heterocycles. The Morgan fingerprint density at radius 3 is 2.52 bits per heavy atom. The molecule has 2 aromatic carbocycles. The maximum atomic E-state index is 12.9. The van der Waals surface area contributed by atoms with Crippen LogP contribution in [0.2, 0.25) is 0 Å². The maximum absolute atomic E-state index is 12.9. The van der Waals surface area contributed by atoms with E-state index in [-0.39, 0.29) is 24.4 Å². The van der Waals surface area contributed by atoms with E-state index in [0.29, 0.717) is 18.2 Å². The van der Waals surface area contributed by atoms with E-state index in [9.17, 15) is 9.59 Å². The number of carbonyl (C=O) groups excluding carboxylic acids is 2. The lowest BCUT2D eigenvalue weighted by Gasteiger charge is -2.29. The van der Waals surface area contributed by atoms with E-state index in [1.165, 1.54) is 11.1 Å². The Morgan fingerprint density at radius 2 is 1.85 bits per heavy atom. The van der Waals surface area contributed by atoms with E-state index in [4.69, 9.17) is 0 Å². The summed E-state index contributed by atoms with van der Waals surface area (Å²) in [7, 11) is 0. The zero-order valence-corrected chi connectivity index (χ0v) is 16.2. The van der Waals surface area contributed by atoms with E-state index in [0.717, 1.165) is 12.1 Å². The molecule has 3 N–H and O–H groups in total. The normalized spacial score (nSPS) is 14.7. The first-order valence-electron chi connectivity index (χ1n) is 9.61. The fourth-order valence-corrected chi connectivity index (χ4v) is 3.56. The number of anilines is 2. The molecule has 1 aliphatic heterocycles. The molecular weight excluding hydrogens is 338 g/mol. The van der Waals surface area contributed by atoms with Gasteiger partial charge in [-0.05, 0) is 24.1 Å². The minimum Gasteiger partial charge on any atom is -0.332 e. The van der Waals surface area contributed by atoms with Gasteiger partial charge in [0.15, 0.2) is 6.54 Å². The quantitative estimate of drug-likeness (QED) is 0.825. The van der Waals surface area contributed by atoms with E-state index >= 15 is 0 Å². The van der Waals surface area contributed by atoms with Crippen molar-refractivity contribution in [1.29, 1.82) is 0 Å². The molecule has 1 atom stereocenters. The van der Waals surface area contributed by atoms with Crippen LogP contribution in [0.5, 0.6) is 0 Å². The number of benzene rings is 2. The minimum atomic E-state index is -0.155. The number of fused-ring (bicyclic) bond motifs is 1. The lowest BCUT2D eigenvalue weighted by molar-refractivity contribution is -0.692. The number of para-hydroxylation sites is 2. The van der Waals surface area contributed by atoms with Crippen molar-refractivity contribution in [2.24, 2.45) is 5.92 Å². The standard InChI is InChI=1S/C22H27N3O2/c1-4-16-9-11-17(12-10-16)22(15(2)3)23-13-21(27)25-14-20(26)24-18-7-5-6-8-19(18)25/h5-12,15,22-23H,4,13-14H2,1-3H3,(H,24,26)/p+1/t22-/m0/s1. The molecule has 142 valence electrons. The van der Waals surface area contributed by atoms with Crippen LogP contribution in [0.25, 0.3) is 0 Å². The molecule has 2 aromatic rings. The van der Waals surface area contributed by atoms with E-state index in [2.05, 4.69) is 55.7 Å². The second kappa shape index (κ2) is 8.35. The van der Waals surface area contributed by atoms with Crippen molar-refractivity contribution in [3.05, 3.63) is 59.7 Å². The number of rotatable bonds is 6. The van der Waals surface area contributed by atoms with Gasteiger partial charge in [0.25, 0.3) is 5.91 Å². The molecule has 27 heavy (non-hydrogen) atoms. The summed E-state index contributed by atoms with van der Waals surface area (Å²) in [6.07, 6.45) is 1.02. The topological polar surface area (TPSA) is 66.0 Å². The summed E-state index contributed by atoms with van der Waals surface area (Å²) in [5, 5.41) is 4.91.